The van der Waals surface area contributed by atoms with E-state index in [-0.39, 0.29) is 30.7 Å². The molecule has 1 rings (SSSR count). The van der Waals surface area contributed by atoms with E-state index in [1.165, 1.54) is 13.3 Å². The average Bonchev–Trinajstić information content (AvgIpc) is 2.43. The molecule has 0 heterocycles. The summed E-state index contributed by atoms with van der Waals surface area (Å²) in [5, 5.41) is 21.7. The molecule has 130 valence electrons. The van der Waals surface area contributed by atoms with Gasteiger partial charge in [0.25, 0.3) is 0 Å². The zero-order valence-corrected chi connectivity index (χ0v) is 16.5. The Balaban J connectivity index is 2.34. The van der Waals surface area contributed by atoms with Gasteiger partial charge in [0.15, 0.2) is 0 Å². The first-order chi connectivity index (χ1) is 10.2. The van der Waals surface area contributed by atoms with E-state index >= 15 is 0 Å². The summed E-state index contributed by atoms with van der Waals surface area (Å²) in [5.74, 6) is -0.0570. The van der Waals surface area contributed by atoms with Crippen LogP contribution < -0.4 is 5.32 Å². The molecule has 0 aromatic heterocycles. The molecule has 0 aromatic carbocycles. The summed E-state index contributed by atoms with van der Waals surface area (Å²) in [5.41, 5.74) is 0. The van der Waals surface area contributed by atoms with E-state index in [9.17, 15) is 24.5 Å². The second-order valence-corrected chi connectivity index (χ2v) is 10.3. The third-order valence-corrected chi connectivity index (χ3v) is 7.98. The molecule has 1 aliphatic carbocycles. The van der Waals surface area contributed by atoms with Crippen molar-refractivity contribution in [3.8, 4) is 0 Å². The van der Waals surface area contributed by atoms with E-state index in [1.54, 1.807) is 0 Å². The molecule has 1 aliphatic rings. The predicted molar refractivity (Wildman–Crippen MR) is 89.1 cm³/mol. The quantitative estimate of drug-likeness (QED) is 0.344. The van der Waals surface area contributed by atoms with E-state index in [4.69, 9.17) is 0 Å². The van der Waals surface area contributed by atoms with Gasteiger partial charge < -0.3 is 0 Å². The summed E-state index contributed by atoms with van der Waals surface area (Å²) in [6, 6.07) is 0. The monoisotopic (exact) mass is 397 g/mol. The third-order valence-electron chi connectivity index (χ3n) is 4.10. The molecule has 5 atom stereocenters. The minimum atomic E-state index is -3.37. The first-order valence-electron chi connectivity index (χ1n) is 7.91. The number of amides is 1. The number of hydrogen-bond acceptors (Lipinski definition) is 4. The molecule has 1 saturated carbocycles. The molecule has 0 saturated heterocycles. The molecule has 0 spiro atoms. The Kier molecular flexibility index (Phi) is 8.66. The fourth-order valence-electron chi connectivity index (χ4n) is 2.80. The summed E-state index contributed by atoms with van der Waals surface area (Å²) in [7, 11) is -3.37. The minimum absolute atomic E-state index is 0.0544. The molecule has 6 nitrogen and oxygen atoms in total. The molecule has 0 radical (unpaired) electrons. The summed E-state index contributed by atoms with van der Waals surface area (Å²) < 4.78 is 11.7. The Hall–Kier alpha value is 0.138. The second kappa shape index (κ2) is 9.44. The maximum atomic E-state index is 12.2. The van der Waals surface area contributed by atoms with Crippen molar-refractivity contribution in [1.29, 1.82) is 0 Å². The van der Waals surface area contributed by atoms with E-state index in [1.807, 2.05) is 0 Å². The topological polar surface area (TPSA) is 107 Å². The van der Waals surface area contributed by atoms with Crippen LogP contribution in [0.3, 0.4) is 0 Å². The normalized spacial score (nSPS) is 23.3. The summed E-state index contributed by atoms with van der Waals surface area (Å²) in [4.78, 5) is 21.7. The maximum absolute atomic E-state index is 12.2. The fourth-order valence-corrected chi connectivity index (χ4v) is 5.15. The summed E-state index contributed by atoms with van der Waals surface area (Å²) in [6.07, 6.45) is 3.72. The Morgan fingerprint density at radius 2 is 1.91 bits per heavy atom. The second-order valence-electron chi connectivity index (χ2n) is 6.38. The Bertz CT molecular complexity index is 401. The Morgan fingerprint density at radius 3 is 2.45 bits per heavy atom. The van der Waals surface area contributed by atoms with Gasteiger partial charge in [0.1, 0.15) is 0 Å². The first kappa shape index (κ1) is 20.2. The van der Waals surface area contributed by atoms with Crippen molar-refractivity contribution in [3.05, 3.63) is 0 Å². The van der Waals surface area contributed by atoms with Gasteiger partial charge in [0.2, 0.25) is 0 Å². The van der Waals surface area contributed by atoms with Crippen LogP contribution in [0.15, 0.2) is 0 Å². The molecular formula is C14H29AsNO5P. The van der Waals surface area contributed by atoms with Gasteiger partial charge in [0.05, 0.1) is 0 Å². The molecular weight excluding hydrogens is 368 g/mol. The molecule has 22 heavy (non-hydrogen) atoms. The van der Waals surface area contributed by atoms with Crippen molar-refractivity contribution in [2.24, 2.45) is 5.92 Å². The number of carbonyl (C=O) groups excluding carboxylic acids is 1. The SMILES string of the molecule is CC(O)C([AsH2])C(=O)NC[C@H](O)CP(=O)(O)CC1CCCCC1. The third kappa shape index (κ3) is 7.61. The van der Waals surface area contributed by atoms with Crippen LogP contribution in [0.2, 0.25) is 4.71 Å². The zero-order valence-electron chi connectivity index (χ0n) is 13.1. The van der Waals surface area contributed by atoms with Crippen LogP contribution in [-0.4, -0.2) is 68.9 Å². The van der Waals surface area contributed by atoms with Crippen LogP contribution in [-0.2, 0) is 9.36 Å². The van der Waals surface area contributed by atoms with Crippen LogP contribution in [0.5, 0.6) is 0 Å². The number of aliphatic hydroxyl groups is 2. The van der Waals surface area contributed by atoms with Gasteiger partial charge in [0, 0.05) is 0 Å². The van der Waals surface area contributed by atoms with Gasteiger partial charge in [-0.15, -0.1) is 0 Å². The number of carbonyl (C=O) groups is 1. The summed E-state index contributed by atoms with van der Waals surface area (Å²) >= 11 is 1.11. The van der Waals surface area contributed by atoms with E-state index in [0.29, 0.717) is 0 Å². The van der Waals surface area contributed by atoms with Gasteiger partial charge in [-0.1, -0.05) is 0 Å². The average molecular weight is 397 g/mol. The molecule has 4 N–H and O–H groups in total. The molecule has 0 aromatic rings. The van der Waals surface area contributed by atoms with E-state index < -0.39 is 24.3 Å². The first-order valence-corrected chi connectivity index (χ1v) is 11.3. The molecule has 0 bridgehead atoms. The summed E-state index contributed by atoms with van der Waals surface area (Å²) in [6.45, 7) is 1.48. The van der Waals surface area contributed by atoms with Crippen molar-refractivity contribution in [2.45, 2.75) is 55.9 Å². The number of hydrogen-bond donors (Lipinski definition) is 4. The van der Waals surface area contributed by atoms with Crippen LogP contribution in [0.4, 0.5) is 0 Å². The Labute approximate surface area is 141 Å². The molecule has 1 fully saturated rings. The van der Waals surface area contributed by atoms with Crippen LogP contribution in [0, 0.1) is 5.92 Å². The van der Waals surface area contributed by atoms with Gasteiger partial charge >= 0.3 is 141 Å². The van der Waals surface area contributed by atoms with Crippen molar-refractivity contribution in [3.63, 3.8) is 0 Å². The van der Waals surface area contributed by atoms with Crippen molar-refractivity contribution < 1.29 is 24.5 Å². The fraction of sp³-hybridized carbons (Fsp3) is 0.929. The molecule has 8 heteroatoms. The molecule has 1 amide bonds. The van der Waals surface area contributed by atoms with Gasteiger partial charge in [-0.2, -0.15) is 0 Å². The predicted octanol–water partition coefficient (Wildman–Crippen LogP) is 0.117. The molecule has 0 aliphatic heterocycles. The van der Waals surface area contributed by atoms with E-state index in [0.717, 1.165) is 42.5 Å². The van der Waals surface area contributed by atoms with Crippen LogP contribution >= 0.6 is 7.37 Å². The van der Waals surface area contributed by atoms with Crippen molar-refractivity contribution in [2.75, 3.05) is 18.9 Å². The molecule has 4 unspecified atom stereocenters. The van der Waals surface area contributed by atoms with Crippen molar-refractivity contribution in [1.82, 2.24) is 5.32 Å². The van der Waals surface area contributed by atoms with Crippen molar-refractivity contribution >= 4 is 30.1 Å². The van der Waals surface area contributed by atoms with Crippen LogP contribution in [0.25, 0.3) is 0 Å². The number of aliphatic hydroxyl groups excluding tert-OH is 2. The zero-order chi connectivity index (χ0) is 16.8. The number of rotatable bonds is 8. The van der Waals surface area contributed by atoms with Gasteiger partial charge in [-0.3, -0.25) is 0 Å². The van der Waals surface area contributed by atoms with Gasteiger partial charge in [-0.05, 0) is 0 Å². The van der Waals surface area contributed by atoms with E-state index in [2.05, 4.69) is 5.32 Å². The standard InChI is InChI=1S/C14H29AsNO5P/c1-10(17)13(15)14(19)16-7-12(18)9-22(20,21)8-11-5-3-2-4-6-11/h10-13,17-18H,2-9,15H2,1H3,(H,16,19)(H,20,21)/t10?,12-,13?/m0/s1. The number of nitrogens with one attached hydrogen (secondary N) is 1. The Morgan fingerprint density at radius 1 is 1.32 bits per heavy atom. The van der Waals surface area contributed by atoms with Crippen LogP contribution in [0.1, 0.15) is 39.0 Å². The van der Waals surface area contributed by atoms with Gasteiger partial charge in [-0.25, -0.2) is 0 Å².